The molecule has 120 valence electrons. The van der Waals surface area contributed by atoms with Crippen molar-refractivity contribution in [3.05, 3.63) is 56.1 Å². The maximum absolute atomic E-state index is 12.0. The Hall–Kier alpha value is -3.17. The molecule has 1 N–H and O–H groups in total. The molecule has 0 atom stereocenters. The fraction of sp³-hybridized carbons (Fsp3) is 0.308. The van der Waals surface area contributed by atoms with Gasteiger partial charge in [0.25, 0.3) is 5.69 Å². The number of nitrogens with one attached hydrogen (secondary N) is 1. The topological polar surface area (TPSA) is 123 Å². The van der Waals surface area contributed by atoms with E-state index >= 15 is 0 Å². The van der Waals surface area contributed by atoms with E-state index in [1.165, 1.54) is 29.2 Å². The Labute approximate surface area is 129 Å². The minimum absolute atomic E-state index is 0.00489. The standard InChI is InChI=1S/C13H12N4O6/c18-12-11-7-15(5-6-16(11)14-23-12)13(19)22-8-9-1-3-10(4-2-9)17(20)21/h1-4H,5-8H2/p+1. The smallest absolute Gasteiger partial charge is 0.431 e. The molecular weight excluding hydrogens is 308 g/mol. The third-order valence-electron chi connectivity index (χ3n) is 3.51. The number of nitro benzene ring substituents is 1. The van der Waals surface area contributed by atoms with Crippen molar-refractivity contribution >= 4 is 11.8 Å². The second-order valence-corrected chi connectivity index (χ2v) is 4.98. The van der Waals surface area contributed by atoms with Crippen LogP contribution in [-0.4, -0.2) is 27.7 Å². The molecule has 1 aliphatic heterocycles. The summed E-state index contributed by atoms with van der Waals surface area (Å²) in [4.78, 5) is 34.9. The molecule has 0 unspecified atom stereocenters. The lowest BCUT2D eigenvalue weighted by atomic mass is 10.2. The summed E-state index contributed by atoms with van der Waals surface area (Å²) in [5.41, 5.74) is 0.443. The zero-order chi connectivity index (χ0) is 16.4. The van der Waals surface area contributed by atoms with E-state index in [0.29, 0.717) is 24.3 Å². The predicted octanol–water partition coefficient (Wildman–Crippen LogP) is 0.316. The highest BCUT2D eigenvalue weighted by atomic mass is 16.6. The Bertz CT molecular complexity index is 794. The summed E-state index contributed by atoms with van der Waals surface area (Å²) >= 11 is 0. The number of carbonyl (C=O) groups is 1. The number of benzene rings is 1. The monoisotopic (exact) mass is 321 g/mol. The fourth-order valence-corrected chi connectivity index (χ4v) is 2.24. The number of H-pyrrole nitrogens is 1. The van der Waals surface area contributed by atoms with Gasteiger partial charge in [-0.1, -0.05) is 4.68 Å². The summed E-state index contributed by atoms with van der Waals surface area (Å²) in [6, 6.07) is 5.74. The van der Waals surface area contributed by atoms with Crippen LogP contribution in [0.1, 0.15) is 11.3 Å². The van der Waals surface area contributed by atoms with Gasteiger partial charge >= 0.3 is 17.4 Å². The van der Waals surface area contributed by atoms with E-state index in [1.807, 2.05) is 0 Å². The normalized spacial score (nSPS) is 13.5. The van der Waals surface area contributed by atoms with Crippen LogP contribution in [0.4, 0.5) is 10.5 Å². The van der Waals surface area contributed by atoms with Gasteiger partial charge in [-0.05, 0) is 23.0 Å². The van der Waals surface area contributed by atoms with Crippen molar-refractivity contribution in [2.75, 3.05) is 6.54 Å². The van der Waals surface area contributed by atoms with Crippen LogP contribution in [0.2, 0.25) is 0 Å². The average molecular weight is 321 g/mol. The van der Waals surface area contributed by atoms with Crippen molar-refractivity contribution in [3.63, 3.8) is 0 Å². The number of nitro groups is 1. The lowest BCUT2D eigenvalue weighted by molar-refractivity contribution is -0.773. The predicted molar refractivity (Wildman–Crippen MR) is 73.2 cm³/mol. The maximum Gasteiger partial charge on any atom is 0.431 e. The Morgan fingerprint density at radius 2 is 2.17 bits per heavy atom. The number of hydrogen-bond acceptors (Lipinski definition) is 6. The Balaban J connectivity index is 1.59. The molecule has 2 aromatic rings. The molecule has 1 aromatic carbocycles. The molecule has 0 radical (unpaired) electrons. The molecule has 0 spiro atoms. The number of aromatic nitrogens is 2. The van der Waals surface area contributed by atoms with Crippen LogP contribution in [0.5, 0.6) is 0 Å². The van der Waals surface area contributed by atoms with Gasteiger partial charge in [0, 0.05) is 12.1 Å². The molecule has 10 nitrogen and oxygen atoms in total. The van der Waals surface area contributed by atoms with Crippen molar-refractivity contribution in [2.45, 2.75) is 19.7 Å². The number of ether oxygens (including phenoxy) is 1. The molecule has 0 saturated heterocycles. The molecule has 0 saturated carbocycles. The second-order valence-electron chi connectivity index (χ2n) is 4.98. The van der Waals surface area contributed by atoms with Gasteiger partial charge < -0.3 is 4.74 Å². The van der Waals surface area contributed by atoms with Gasteiger partial charge in [0.15, 0.2) is 6.54 Å². The molecule has 3 rings (SSSR count). The van der Waals surface area contributed by atoms with Crippen LogP contribution in [-0.2, 0) is 24.4 Å². The molecule has 1 amide bonds. The third kappa shape index (κ3) is 3.05. The van der Waals surface area contributed by atoms with E-state index in [9.17, 15) is 19.7 Å². The number of nitrogens with zero attached hydrogens (tertiary/aromatic N) is 3. The summed E-state index contributed by atoms with van der Waals surface area (Å²) < 4.78 is 11.4. The Kier molecular flexibility index (Phi) is 3.79. The first kappa shape index (κ1) is 14.8. The van der Waals surface area contributed by atoms with Crippen molar-refractivity contribution < 1.29 is 23.7 Å². The zero-order valence-electron chi connectivity index (χ0n) is 11.9. The minimum atomic E-state index is -0.560. The van der Waals surface area contributed by atoms with Crippen LogP contribution in [0.3, 0.4) is 0 Å². The van der Waals surface area contributed by atoms with Gasteiger partial charge in [0.1, 0.15) is 13.2 Å². The van der Waals surface area contributed by atoms with Crippen molar-refractivity contribution in [3.8, 4) is 0 Å². The van der Waals surface area contributed by atoms with E-state index in [4.69, 9.17) is 4.74 Å². The van der Waals surface area contributed by atoms with Gasteiger partial charge in [-0.25, -0.2) is 9.59 Å². The van der Waals surface area contributed by atoms with Crippen LogP contribution in [0.15, 0.2) is 33.6 Å². The second kappa shape index (κ2) is 5.91. The van der Waals surface area contributed by atoms with Crippen LogP contribution >= 0.6 is 0 Å². The molecule has 2 heterocycles. The lowest BCUT2D eigenvalue weighted by Crippen LogP contribution is -2.53. The van der Waals surface area contributed by atoms with E-state index in [1.54, 1.807) is 4.68 Å². The van der Waals surface area contributed by atoms with E-state index in [0.717, 1.165) is 0 Å². The van der Waals surface area contributed by atoms with Crippen molar-refractivity contribution in [1.29, 1.82) is 0 Å². The first-order valence-corrected chi connectivity index (χ1v) is 6.80. The Morgan fingerprint density at radius 1 is 1.43 bits per heavy atom. The Morgan fingerprint density at radius 3 is 2.87 bits per heavy atom. The molecule has 23 heavy (non-hydrogen) atoms. The summed E-state index contributed by atoms with van der Waals surface area (Å²) in [6.45, 7) is 0.889. The SMILES string of the molecule is O=C(OCc1ccc([N+](=O)[O-])cc1)N1CC[n+]2[nH]oc(=O)c2C1. The molecule has 10 heteroatoms. The molecule has 1 aliphatic rings. The largest absolute Gasteiger partial charge is 0.445 e. The highest BCUT2D eigenvalue weighted by molar-refractivity contribution is 5.67. The summed E-state index contributed by atoms with van der Waals surface area (Å²) in [5.74, 6) is 0. The number of non-ortho nitro benzene ring substituents is 1. The van der Waals surface area contributed by atoms with Crippen LogP contribution in [0.25, 0.3) is 0 Å². The number of fused-ring (bicyclic) bond motifs is 1. The lowest BCUT2D eigenvalue weighted by Gasteiger charge is -2.21. The van der Waals surface area contributed by atoms with Gasteiger partial charge in [-0.15, -0.1) is 0 Å². The molecule has 0 aliphatic carbocycles. The molecule has 1 aromatic heterocycles. The molecule has 0 fully saturated rings. The fourth-order valence-electron chi connectivity index (χ4n) is 2.24. The van der Waals surface area contributed by atoms with E-state index in [-0.39, 0.29) is 18.8 Å². The first-order chi connectivity index (χ1) is 11.0. The minimum Gasteiger partial charge on any atom is -0.445 e. The average Bonchev–Trinajstić information content (AvgIpc) is 2.93. The highest BCUT2D eigenvalue weighted by Gasteiger charge is 2.32. The van der Waals surface area contributed by atoms with Gasteiger partial charge in [-0.2, -0.15) is 0 Å². The third-order valence-corrected chi connectivity index (χ3v) is 3.51. The number of amides is 1. The zero-order valence-corrected chi connectivity index (χ0v) is 11.9. The number of aromatic amines is 1. The number of carbonyl (C=O) groups excluding carboxylic acids is 1. The summed E-state index contributed by atoms with van der Waals surface area (Å²) in [7, 11) is 0. The number of hydrogen-bond donors (Lipinski definition) is 1. The van der Waals surface area contributed by atoms with E-state index < -0.39 is 16.6 Å². The van der Waals surface area contributed by atoms with Crippen LogP contribution < -0.4 is 10.3 Å². The van der Waals surface area contributed by atoms with E-state index in [2.05, 4.69) is 9.79 Å². The van der Waals surface area contributed by atoms with Gasteiger partial charge in [0.2, 0.25) is 0 Å². The first-order valence-electron chi connectivity index (χ1n) is 6.80. The van der Waals surface area contributed by atoms with Crippen molar-refractivity contribution in [1.82, 2.24) is 10.2 Å². The molecule has 0 bridgehead atoms. The maximum atomic E-state index is 12.0. The quantitative estimate of drug-likeness (QED) is 0.493. The summed E-state index contributed by atoms with van der Waals surface area (Å²) in [5, 5.41) is 13.0. The van der Waals surface area contributed by atoms with Crippen molar-refractivity contribution in [2.24, 2.45) is 0 Å². The van der Waals surface area contributed by atoms with Gasteiger partial charge in [-0.3, -0.25) is 19.5 Å². The van der Waals surface area contributed by atoms with Gasteiger partial charge in [0.05, 0.1) is 11.5 Å². The molecular formula is C13H13N4O6+. The highest BCUT2D eigenvalue weighted by Crippen LogP contribution is 2.13. The summed E-state index contributed by atoms with van der Waals surface area (Å²) in [6.07, 6.45) is -0.560. The number of rotatable bonds is 3. The van der Waals surface area contributed by atoms with Crippen LogP contribution in [0, 0.1) is 10.1 Å².